The second-order valence-electron chi connectivity index (χ2n) is 24.3. The molecule has 0 saturated heterocycles. The Labute approximate surface area is 534 Å². The molecule has 0 aliphatic carbocycles. The minimum atomic E-state index is 0.358. The summed E-state index contributed by atoms with van der Waals surface area (Å²) in [6.07, 6.45) is 3.02. The lowest BCUT2D eigenvalue weighted by molar-refractivity contribution is 0.169. The molecule has 7 aromatic carbocycles. The molecule has 0 bridgehead atoms. The topological polar surface area (TPSA) is 102 Å². The average Bonchev–Trinajstić information content (AvgIpc) is 2.96. The van der Waals surface area contributed by atoms with Gasteiger partial charge in [0.25, 0.3) is 0 Å². The van der Waals surface area contributed by atoms with Crippen LogP contribution in [0.15, 0.2) is 140 Å². The number of benzene rings is 7. The Hall–Kier alpha value is -7.66. The number of fused-ring (bicyclic) bond motifs is 6. The van der Waals surface area contributed by atoms with E-state index in [1.54, 1.807) is 0 Å². The maximum absolute atomic E-state index is 5.72. The van der Waals surface area contributed by atoms with E-state index < -0.39 is 0 Å². The normalized spacial score (nSPS) is 14.1. The molecule has 0 saturated carbocycles. The predicted molar refractivity (Wildman–Crippen MR) is 364 cm³/mol. The fourth-order valence-electron chi connectivity index (χ4n) is 10.1. The molecule has 6 aliphatic rings. The molecule has 482 valence electrons. The minimum absolute atomic E-state index is 0.358. The van der Waals surface area contributed by atoms with Crippen LogP contribution < -0.4 is 52.1 Å². The van der Waals surface area contributed by atoms with Gasteiger partial charge >= 0.3 is 0 Å². The first-order chi connectivity index (χ1) is 43.0. The third-order valence-corrected chi connectivity index (χ3v) is 15.2. The lowest BCUT2D eigenvalue weighted by Gasteiger charge is -2.22. The minimum Gasteiger partial charge on any atom is -0.493 e. The van der Waals surface area contributed by atoms with Gasteiger partial charge in [0.15, 0.2) is 57.5 Å². The first-order valence-electron chi connectivity index (χ1n) is 32.7. The molecule has 6 heterocycles. The Kier molecular flexibility index (Phi) is 29.1. The van der Waals surface area contributed by atoms with Gasteiger partial charge in [-0.15, -0.1) is 0 Å². The SMILES string of the molecule is CC.CC(C)c1ccc2c(c1)OCCCO2.CC(C)c1ccc2c(c1)OCCO2.CC(C)c1ccc2c(c1)OCO2.CC(C)c1cccc2c1CCO2.CC(C)c1cccc2c1OCCCO2.CC(C)c1cccc2c1OCCO2.CC(C)c1ccccc1. The summed E-state index contributed by atoms with van der Waals surface area (Å²) in [7, 11) is 0. The molecule has 0 fully saturated rings. The molecule has 0 aromatic heterocycles. The largest absolute Gasteiger partial charge is 0.493 e. The molecule has 7 aromatic rings. The van der Waals surface area contributed by atoms with Crippen LogP contribution in [-0.4, -0.2) is 66.3 Å². The molecule has 0 amide bonds. The Morgan fingerprint density at radius 3 is 1.04 bits per heavy atom. The van der Waals surface area contributed by atoms with Crippen LogP contribution in [0.2, 0.25) is 0 Å². The summed E-state index contributed by atoms with van der Waals surface area (Å²) < 4.78 is 60.5. The van der Waals surface area contributed by atoms with Gasteiger partial charge < -0.3 is 52.1 Å². The summed E-state index contributed by atoms with van der Waals surface area (Å²) in [4.78, 5) is 0. The van der Waals surface area contributed by atoms with Gasteiger partial charge in [-0.3, -0.25) is 0 Å². The molecule has 0 unspecified atom stereocenters. The second-order valence-corrected chi connectivity index (χ2v) is 24.3. The van der Waals surface area contributed by atoms with Crippen molar-refractivity contribution in [3.8, 4) is 63.2 Å². The van der Waals surface area contributed by atoms with Gasteiger partial charge in [-0.05, 0) is 124 Å². The summed E-state index contributed by atoms with van der Waals surface area (Å²) in [6, 6.07) is 47.5. The molecule has 11 nitrogen and oxygen atoms in total. The van der Waals surface area contributed by atoms with Crippen molar-refractivity contribution < 1.29 is 52.1 Å². The number of para-hydroxylation sites is 2. The fourth-order valence-corrected chi connectivity index (χ4v) is 10.1. The summed E-state index contributed by atoms with van der Waals surface area (Å²) in [5.74, 6) is 13.9. The monoisotopic (exact) mass is 1220 g/mol. The van der Waals surface area contributed by atoms with Crippen LogP contribution in [0.1, 0.15) is 210 Å². The van der Waals surface area contributed by atoms with Crippen molar-refractivity contribution in [2.75, 3.05) is 66.3 Å². The van der Waals surface area contributed by atoms with Crippen LogP contribution in [0.3, 0.4) is 0 Å². The number of hydrogen-bond donors (Lipinski definition) is 0. The number of ether oxygens (including phenoxy) is 11. The van der Waals surface area contributed by atoms with Crippen LogP contribution in [-0.2, 0) is 6.42 Å². The molecular formula is C78H104O11. The van der Waals surface area contributed by atoms with Crippen molar-refractivity contribution in [2.24, 2.45) is 0 Å². The van der Waals surface area contributed by atoms with Crippen molar-refractivity contribution in [1.82, 2.24) is 0 Å². The zero-order chi connectivity index (χ0) is 64.2. The van der Waals surface area contributed by atoms with E-state index in [9.17, 15) is 0 Å². The standard InChI is InChI=1S/2C12H16O2.2C11H14O2.C11H14O.C10H12O2.C9H12.C2H6/c1-9(2)10-4-5-11-12(8-10)14-7-3-6-13-11;1-9(2)10-5-3-6-11-12(10)14-8-4-7-13-11;1-8(2)9-3-4-10-11(7-9)13-6-5-12-10;1-8(2)9-4-3-5-10-11(9)13-7-6-12-10;1-8(2)9-4-3-5-11-10(9)6-7-12-11;1-7(2)8-3-4-9-10(5-8)12-6-11-9;1-8(2)9-6-4-3-5-7-9;1-2/h4-5,8-9H,3,6-7H2,1-2H3;3,5-6,9H,4,7-8H2,1-2H3;3-4,7-8H,5-6H2,1-2H3;3-5,8H,6-7H2,1-2H3;3-5,8H,6-7H2,1-2H3;3-5,7H,6H2,1-2H3;3-8H,1-2H3;1-2H3. The van der Waals surface area contributed by atoms with Gasteiger partial charge in [-0.2, -0.15) is 0 Å². The van der Waals surface area contributed by atoms with Crippen molar-refractivity contribution in [3.63, 3.8) is 0 Å². The molecule has 89 heavy (non-hydrogen) atoms. The molecule has 0 N–H and O–H groups in total. The highest BCUT2D eigenvalue weighted by Gasteiger charge is 2.20. The zero-order valence-corrected chi connectivity index (χ0v) is 56.5. The van der Waals surface area contributed by atoms with Gasteiger partial charge in [0.05, 0.1) is 33.0 Å². The molecule has 6 aliphatic heterocycles. The van der Waals surface area contributed by atoms with Crippen molar-refractivity contribution in [2.45, 2.75) is 171 Å². The predicted octanol–water partition coefficient (Wildman–Crippen LogP) is 20.2. The summed E-state index contributed by atoms with van der Waals surface area (Å²) in [5.41, 5.74) is 10.6. The van der Waals surface area contributed by atoms with Gasteiger partial charge in [0.2, 0.25) is 6.79 Å². The number of hydrogen-bond acceptors (Lipinski definition) is 11. The van der Waals surface area contributed by atoms with Crippen molar-refractivity contribution in [3.05, 3.63) is 184 Å². The highest BCUT2D eigenvalue weighted by Crippen LogP contribution is 2.40. The van der Waals surface area contributed by atoms with E-state index in [-0.39, 0.29) is 0 Å². The van der Waals surface area contributed by atoms with E-state index in [1.165, 1.54) is 44.5 Å². The van der Waals surface area contributed by atoms with Crippen LogP contribution in [0.4, 0.5) is 0 Å². The van der Waals surface area contributed by atoms with Crippen LogP contribution in [0.5, 0.6) is 63.2 Å². The Morgan fingerprint density at radius 1 is 0.247 bits per heavy atom. The van der Waals surface area contributed by atoms with Crippen LogP contribution in [0, 0.1) is 0 Å². The summed E-state index contributed by atoms with van der Waals surface area (Å²) in [6.45, 7) is 41.5. The molecule has 0 spiro atoms. The van der Waals surface area contributed by atoms with Gasteiger partial charge in [0, 0.05) is 36.0 Å². The first-order valence-corrected chi connectivity index (χ1v) is 32.7. The first kappa shape index (κ1) is 70.4. The lowest BCUT2D eigenvalue weighted by Crippen LogP contribution is -2.16. The average molecular weight is 1220 g/mol. The van der Waals surface area contributed by atoms with E-state index >= 15 is 0 Å². The van der Waals surface area contributed by atoms with Crippen LogP contribution >= 0.6 is 0 Å². The van der Waals surface area contributed by atoms with Gasteiger partial charge in [-0.1, -0.05) is 196 Å². The van der Waals surface area contributed by atoms with Crippen molar-refractivity contribution >= 4 is 0 Å². The van der Waals surface area contributed by atoms with Gasteiger partial charge in [0.1, 0.15) is 32.2 Å². The maximum atomic E-state index is 5.72. The van der Waals surface area contributed by atoms with Gasteiger partial charge in [-0.25, -0.2) is 0 Å². The van der Waals surface area contributed by atoms with E-state index in [2.05, 4.69) is 182 Å². The lowest BCUT2D eigenvalue weighted by atomic mass is 9.96. The van der Waals surface area contributed by atoms with Crippen LogP contribution in [0.25, 0.3) is 0 Å². The highest BCUT2D eigenvalue weighted by atomic mass is 16.7. The zero-order valence-electron chi connectivity index (χ0n) is 56.5. The second kappa shape index (κ2) is 36.7. The summed E-state index contributed by atoms with van der Waals surface area (Å²) >= 11 is 0. The maximum Gasteiger partial charge on any atom is 0.231 e. The van der Waals surface area contributed by atoms with E-state index in [0.717, 1.165) is 116 Å². The molecule has 11 heteroatoms. The van der Waals surface area contributed by atoms with E-state index in [1.807, 2.05) is 68.4 Å². The third-order valence-electron chi connectivity index (χ3n) is 15.2. The molecule has 13 rings (SSSR count). The smallest absolute Gasteiger partial charge is 0.231 e. The van der Waals surface area contributed by atoms with E-state index in [0.29, 0.717) is 74.6 Å². The van der Waals surface area contributed by atoms with E-state index in [4.69, 9.17) is 52.1 Å². The Bertz CT molecular complexity index is 3180. The third kappa shape index (κ3) is 21.5. The molecular weight excluding hydrogens is 1110 g/mol. The molecule has 0 radical (unpaired) electrons. The quantitative estimate of drug-likeness (QED) is 0.152. The Balaban J connectivity index is 0.000000165. The Morgan fingerprint density at radius 2 is 0.584 bits per heavy atom. The highest BCUT2D eigenvalue weighted by molar-refractivity contribution is 5.51. The summed E-state index contributed by atoms with van der Waals surface area (Å²) in [5, 5.41) is 0. The molecule has 0 atom stereocenters. The fraction of sp³-hybridized carbons (Fsp3) is 0.462. The number of rotatable bonds is 7. The van der Waals surface area contributed by atoms with Crippen molar-refractivity contribution in [1.29, 1.82) is 0 Å².